The molecule has 7 heteroatoms. The molecule has 0 bridgehead atoms. The Morgan fingerprint density at radius 2 is 2.14 bits per heavy atom. The van der Waals surface area contributed by atoms with Gasteiger partial charge in [0, 0.05) is 15.0 Å². The Balaban J connectivity index is 2.32. The number of halogens is 1. The summed E-state index contributed by atoms with van der Waals surface area (Å²) < 4.78 is 28.5. The molecule has 0 aliphatic rings. The van der Waals surface area contributed by atoms with E-state index in [1.165, 1.54) is 6.07 Å². The van der Waals surface area contributed by atoms with Gasteiger partial charge >= 0.3 is 0 Å². The maximum atomic E-state index is 12.6. The highest BCUT2D eigenvalue weighted by molar-refractivity contribution is 9.10. The third-order valence-electron chi connectivity index (χ3n) is 3.01. The molecule has 1 aromatic carbocycles. The van der Waals surface area contributed by atoms with Gasteiger partial charge in [-0.05, 0) is 52.0 Å². The second-order valence-electron chi connectivity index (χ2n) is 4.67. The van der Waals surface area contributed by atoms with Crippen molar-refractivity contribution in [2.24, 2.45) is 0 Å². The molecule has 0 saturated carbocycles. The predicted molar refractivity (Wildman–Crippen MR) is 90.8 cm³/mol. The standard InChI is InChI=1S/C14H17BrN2O2S2/c1-2-4-12(13-5-3-8-20-13)17-21(18,19)14-9-10(16)6-7-11(14)15/h3,5-9,12,17H,2,4,16H2,1H3. The number of rotatable bonds is 6. The van der Waals surface area contributed by atoms with Crippen molar-refractivity contribution in [3.8, 4) is 0 Å². The van der Waals surface area contributed by atoms with Crippen LogP contribution >= 0.6 is 27.3 Å². The van der Waals surface area contributed by atoms with Crippen LogP contribution in [-0.4, -0.2) is 8.42 Å². The van der Waals surface area contributed by atoms with Crippen LogP contribution in [-0.2, 0) is 10.0 Å². The summed E-state index contributed by atoms with van der Waals surface area (Å²) in [6.45, 7) is 2.03. The summed E-state index contributed by atoms with van der Waals surface area (Å²) in [6, 6.07) is 8.42. The summed E-state index contributed by atoms with van der Waals surface area (Å²) in [4.78, 5) is 1.18. The highest BCUT2D eigenvalue weighted by atomic mass is 79.9. The molecular weight excluding hydrogens is 372 g/mol. The Morgan fingerprint density at radius 1 is 1.38 bits per heavy atom. The van der Waals surface area contributed by atoms with Crippen LogP contribution in [0.2, 0.25) is 0 Å². The number of anilines is 1. The molecule has 1 aromatic heterocycles. The molecule has 1 atom stereocenters. The molecule has 2 aromatic rings. The van der Waals surface area contributed by atoms with Crippen LogP contribution < -0.4 is 10.5 Å². The number of hydrogen-bond acceptors (Lipinski definition) is 4. The Morgan fingerprint density at radius 3 is 2.76 bits per heavy atom. The predicted octanol–water partition coefficient (Wildman–Crippen LogP) is 3.91. The Kier molecular flexibility index (Phi) is 5.43. The number of nitrogens with two attached hydrogens (primary N) is 1. The summed E-state index contributed by atoms with van der Waals surface area (Å²) in [5.41, 5.74) is 6.12. The van der Waals surface area contributed by atoms with Crippen molar-refractivity contribution in [1.82, 2.24) is 4.72 Å². The van der Waals surface area contributed by atoms with Gasteiger partial charge in [0.1, 0.15) is 0 Å². The van der Waals surface area contributed by atoms with Gasteiger partial charge in [-0.2, -0.15) is 0 Å². The molecule has 2 rings (SSSR count). The van der Waals surface area contributed by atoms with Crippen molar-refractivity contribution < 1.29 is 8.42 Å². The van der Waals surface area contributed by atoms with Gasteiger partial charge in [-0.25, -0.2) is 13.1 Å². The average molecular weight is 389 g/mol. The van der Waals surface area contributed by atoms with E-state index in [9.17, 15) is 8.42 Å². The maximum Gasteiger partial charge on any atom is 0.242 e. The third-order valence-corrected chi connectivity index (χ3v) is 6.46. The van der Waals surface area contributed by atoms with Gasteiger partial charge in [0.25, 0.3) is 0 Å². The molecule has 3 N–H and O–H groups in total. The zero-order chi connectivity index (χ0) is 15.5. The first kappa shape index (κ1) is 16.5. The smallest absolute Gasteiger partial charge is 0.242 e. The molecule has 21 heavy (non-hydrogen) atoms. The first-order valence-corrected chi connectivity index (χ1v) is 9.70. The molecule has 1 unspecified atom stereocenters. The lowest BCUT2D eigenvalue weighted by molar-refractivity contribution is 0.540. The van der Waals surface area contributed by atoms with E-state index in [0.29, 0.717) is 10.2 Å². The molecule has 114 valence electrons. The number of nitrogen functional groups attached to an aromatic ring is 1. The zero-order valence-corrected chi connectivity index (χ0v) is 14.8. The van der Waals surface area contributed by atoms with E-state index < -0.39 is 10.0 Å². The molecular formula is C14H17BrN2O2S2. The van der Waals surface area contributed by atoms with Crippen LogP contribution in [0.1, 0.15) is 30.7 Å². The number of sulfonamides is 1. The van der Waals surface area contributed by atoms with E-state index >= 15 is 0 Å². The lowest BCUT2D eigenvalue weighted by Crippen LogP contribution is -2.28. The fourth-order valence-corrected chi connectivity index (χ4v) is 5.15. The topological polar surface area (TPSA) is 72.2 Å². The quantitative estimate of drug-likeness (QED) is 0.736. The zero-order valence-electron chi connectivity index (χ0n) is 11.5. The minimum Gasteiger partial charge on any atom is -0.399 e. The summed E-state index contributed by atoms with van der Waals surface area (Å²) in [7, 11) is -3.63. The molecule has 0 saturated heterocycles. The number of hydrogen-bond donors (Lipinski definition) is 2. The highest BCUT2D eigenvalue weighted by Crippen LogP contribution is 2.29. The first-order valence-electron chi connectivity index (χ1n) is 6.55. The van der Waals surface area contributed by atoms with Crippen molar-refractivity contribution in [2.75, 3.05) is 5.73 Å². The van der Waals surface area contributed by atoms with E-state index in [0.717, 1.165) is 17.7 Å². The highest BCUT2D eigenvalue weighted by Gasteiger charge is 2.23. The molecule has 1 heterocycles. The summed E-state index contributed by atoms with van der Waals surface area (Å²) >= 11 is 4.82. The van der Waals surface area contributed by atoms with Crippen LogP contribution in [0, 0.1) is 0 Å². The largest absolute Gasteiger partial charge is 0.399 e. The van der Waals surface area contributed by atoms with Crippen LogP contribution in [0.4, 0.5) is 5.69 Å². The molecule has 0 radical (unpaired) electrons. The van der Waals surface area contributed by atoms with Gasteiger partial charge in [0.2, 0.25) is 10.0 Å². The molecule has 0 aliphatic heterocycles. The minimum atomic E-state index is -3.63. The number of nitrogens with one attached hydrogen (secondary N) is 1. The maximum absolute atomic E-state index is 12.6. The average Bonchev–Trinajstić information content (AvgIpc) is 2.95. The van der Waals surface area contributed by atoms with Gasteiger partial charge in [-0.3, -0.25) is 0 Å². The second-order valence-corrected chi connectivity index (χ2v) is 8.18. The fourth-order valence-electron chi connectivity index (χ4n) is 2.01. The summed E-state index contributed by atoms with van der Waals surface area (Å²) in [6.07, 6.45) is 1.64. The molecule has 4 nitrogen and oxygen atoms in total. The van der Waals surface area contributed by atoms with Crippen molar-refractivity contribution in [3.05, 3.63) is 45.1 Å². The van der Waals surface area contributed by atoms with Crippen molar-refractivity contribution >= 4 is 43.0 Å². The van der Waals surface area contributed by atoms with Crippen molar-refractivity contribution in [2.45, 2.75) is 30.7 Å². The Hall–Kier alpha value is -0.890. The van der Waals surface area contributed by atoms with Gasteiger partial charge in [-0.15, -0.1) is 11.3 Å². The lowest BCUT2D eigenvalue weighted by Gasteiger charge is -2.17. The monoisotopic (exact) mass is 388 g/mol. The fraction of sp³-hybridized carbons (Fsp3) is 0.286. The second kappa shape index (κ2) is 6.91. The molecule has 0 amide bonds. The minimum absolute atomic E-state index is 0.167. The van der Waals surface area contributed by atoms with Gasteiger partial charge in [0.05, 0.1) is 10.9 Å². The van der Waals surface area contributed by atoms with Crippen LogP contribution in [0.5, 0.6) is 0 Å². The van der Waals surface area contributed by atoms with Crippen LogP contribution in [0.3, 0.4) is 0 Å². The van der Waals surface area contributed by atoms with Crippen molar-refractivity contribution in [3.63, 3.8) is 0 Å². The number of thiophene rings is 1. The molecule has 0 aliphatic carbocycles. The normalized spacial score (nSPS) is 13.2. The van der Waals surface area contributed by atoms with Gasteiger partial charge < -0.3 is 5.73 Å². The molecule has 0 fully saturated rings. The summed E-state index contributed by atoms with van der Waals surface area (Å²) in [5, 5.41) is 1.95. The van der Waals surface area contributed by atoms with Gasteiger partial charge in [-0.1, -0.05) is 19.4 Å². The SMILES string of the molecule is CCCC(NS(=O)(=O)c1cc(N)ccc1Br)c1cccs1. The first-order chi connectivity index (χ1) is 9.94. The van der Waals surface area contributed by atoms with Crippen LogP contribution in [0.25, 0.3) is 0 Å². The van der Waals surface area contributed by atoms with Crippen LogP contribution in [0.15, 0.2) is 45.1 Å². The number of benzene rings is 1. The Bertz CT molecular complexity index is 700. The van der Waals surface area contributed by atoms with E-state index in [-0.39, 0.29) is 10.9 Å². The molecule has 0 spiro atoms. The van der Waals surface area contributed by atoms with E-state index in [4.69, 9.17) is 5.73 Å². The summed E-state index contributed by atoms with van der Waals surface area (Å²) in [5.74, 6) is 0. The third kappa shape index (κ3) is 4.06. The lowest BCUT2D eigenvalue weighted by atomic mass is 10.1. The van der Waals surface area contributed by atoms with Crippen molar-refractivity contribution in [1.29, 1.82) is 0 Å². The van der Waals surface area contributed by atoms with Gasteiger partial charge in [0.15, 0.2) is 0 Å². The van der Waals surface area contributed by atoms with E-state index in [1.54, 1.807) is 23.5 Å². The van der Waals surface area contributed by atoms with E-state index in [1.807, 2.05) is 24.4 Å². The Labute approximate surface area is 137 Å². The van der Waals surface area contributed by atoms with E-state index in [2.05, 4.69) is 20.7 Å².